The molecule has 0 bridgehead atoms. The third-order valence-corrected chi connectivity index (χ3v) is 3.25. The molecule has 7 nitrogen and oxygen atoms in total. The molecule has 1 aliphatic heterocycles. The Bertz CT molecular complexity index is 597. The third-order valence-electron chi connectivity index (χ3n) is 3.25. The second-order valence-electron chi connectivity index (χ2n) is 4.37. The third kappa shape index (κ3) is 2.06. The van der Waals surface area contributed by atoms with E-state index in [4.69, 9.17) is 4.74 Å². The van der Waals surface area contributed by atoms with Gasteiger partial charge in [-0.15, -0.1) is 0 Å². The molecule has 0 saturated carbocycles. The molecular formula is C12H14N4O3. The van der Waals surface area contributed by atoms with E-state index in [1.165, 1.54) is 6.20 Å². The van der Waals surface area contributed by atoms with Gasteiger partial charge in [0.1, 0.15) is 0 Å². The summed E-state index contributed by atoms with van der Waals surface area (Å²) in [5, 5.41) is 13.4. The molecular weight excluding hydrogens is 248 g/mol. The first-order valence-electron chi connectivity index (χ1n) is 6.08. The number of fused-ring (bicyclic) bond motifs is 1. The van der Waals surface area contributed by atoms with Crippen LogP contribution < -0.4 is 0 Å². The number of hydrogen-bond donors (Lipinski definition) is 1. The quantitative estimate of drug-likeness (QED) is 0.794. The molecule has 2 aromatic heterocycles. The van der Waals surface area contributed by atoms with Gasteiger partial charge in [-0.05, 0) is 0 Å². The molecule has 1 fully saturated rings. The molecule has 0 aromatic carbocycles. The van der Waals surface area contributed by atoms with Gasteiger partial charge in [-0.3, -0.25) is 9.78 Å². The number of aliphatic hydroxyl groups excluding tert-OH is 1. The number of ether oxygens (including phenoxy) is 1. The highest BCUT2D eigenvalue weighted by Crippen LogP contribution is 2.16. The van der Waals surface area contributed by atoms with Gasteiger partial charge in [0.15, 0.2) is 0 Å². The maximum Gasteiger partial charge on any atom is 0.258 e. The molecule has 1 amide bonds. The lowest BCUT2D eigenvalue weighted by Crippen LogP contribution is -2.50. The van der Waals surface area contributed by atoms with Crippen molar-refractivity contribution in [2.24, 2.45) is 0 Å². The average Bonchev–Trinajstić information content (AvgIpc) is 2.90. The van der Waals surface area contributed by atoms with Crippen LogP contribution in [0.1, 0.15) is 10.4 Å². The summed E-state index contributed by atoms with van der Waals surface area (Å²) in [6.45, 7) is 1.21. The van der Waals surface area contributed by atoms with Crippen molar-refractivity contribution in [3.05, 3.63) is 30.4 Å². The lowest BCUT2D eigenvalue weighted by atomic mass is 10.2. The summed E-state index contributed by atoms with van der Waals surface area (Å²) < 4.78 is 6.88. The Kier molecular flexibility index (Phi) is 3.14. The summed E-state index contributed by atoms with van der Waals surface area (Å²) in [6, 6.07) is -0.298. The van der Waals surface area contributed by atoms with Gasteiger partial charge in [0.25, 0.3) is 5.91 Å². The SMILES string of the molecule is O=C(c1cnn2ccncc12)N1CCOCC1CO. The Balaban J connectivity index is 1.94. The minimum Gasteiger partial charge on any atom is -0.394 e. The molecule has 3 heterocycles. The number of amides is 1. The Morgan fingerprint density at radius 1 is 1.53 bits per heavy atom. The van der Waals surface area contributed by atoms with Crippen molar-refractivity contribution in [3.8, 4) is 0 Å². The van der Waals surface area contributed by atoms with E-state index in [0.29, 0.717) is 30.8 Å². The minimum absolute atomic E-state index is 0.108. The Hall–Kier alpha value is -1.99. The fraction of sp³-hybridized carbons (Fsp3) is 0.417. The van der Waals surface area contributed by atoms with E-state index in [9.17, 15) is 9.90 Å². The molecule has 1 aliphatic rings. The Morgan fingerprint density at radius 3 is 3.26 bits per heavy atom. The van der Waals surface area contributed by atoms with Crippen molar-refractivity contribution in [3.63, 3.8) is 0 Å². The molecule has 1 N–H and O–H groups in total. The predicted molar refractivity (Wildman–Crippen MR) is 65.7 cm³/mol. The first-order valence-corrected chi connectivity index (χ1v) is 6.08. The molecule has 0 radical (unpaired) electrons. The maximum absolute atomic E-state index is 12.5. The van der Waals surface area contributed by atoms with Crippen molar-refractivity contribution in [2.45, 2.75) is 6.04 Å². The fourth-order valence-corrected chi connectivity index (χ4v) is 2.23. The molecule has 0 spiro atoms. The summed E-state index contributed by atoms with van der Waals surface area (Å²) in [5.41, 5.74) is 1.16. The fourth-order valence-electron chi connectivity index (χ4n) is 2.23. The van der Waals surface area contributed by atoms with Crippen molar-refractivity contribution in [2.75, 3.05) is 26.4 Å². The van der Waals surface area contributed by atoms with Crippen LogP contribution in [0.25, 0.3) is 5.52 Å². The van der Waals surface area contributed by atoms with Gasteiger partial charge in [-0.1, -0.05) is 0 Å². The molecule has 0 aliphatic carbocycles. The molecule has 19 heavy (non-hydrogen) atoms. The maximum atomic E-state index is 12.5. The highest BCUT2D eigenvalue weighted by Gasteiger charge is 2.29. The number of morpholine rings is 1. The van der Waals surface area contributed by atoms with Gasteiger partial charge in [0.05, 0.1) is 49.3 Å². The summed E-state index contributed by atoms with van der Waals surface area (Å²) in [6.07, 6.45) is 6.44. The van der Waals surface area contributed by atoms with Crippen molar-refractivity contribution in [1.29, 1.82) is 0 Å². The molecule has 1 atom stereocenters. The van der Waals surface area contributed by atoms with E-state index in [0.717, 1.165) is 0 Å². The standard InChI is InChI=1S/C12H14N4O3/c17-7-9-8-19-4-3-15(9)12(18)10-5-14-16-2-1-13-6-11(10)16/h1-2,5-6,9,17H,3-4,7-8H2. The number of carbonyl (C=O) groups excluding carboxylic acids is 1. The number of aromatic nitrogens is 3. The van der Waals surface area contributed by atoms with Crippen LogP contribution in [0.15, 0.2) is 24.8 Å². The van der Waals surface area contributed by atoms with Crippen LogP contribution in [0.5, 0.6) is 0 Å². The molecule has 1 unspecified atom stereocenters. The van der Waals surface area contributed by atoms with Crippen LogP contribution in [0.3, 0.4) is 0 Å². The van der Waals surface area contributed by atoms with E-state index in [1.807, 2.05) is 0 Å². The van der Waals surface area contributed by atoms with Gasteiger partial charge in [-0.25, -0.2) is 4.52 Å². The first-order chi connectivity index (χ1) is 9.31. The van der Waals surface area contributed by atoms with Gasteiger partial charge in [0.2, 0.25) is 0 Å². The monoisotopic (exact) mass is 262 g/mol. The first kappa shape index (κ1) is 12.1. The molecule has 100 valence electrons. The normalized spacial score (nSPS) is 19.8. The summed E-state index contributed by atoms with van der Waals surface area (Å²) in [7, 11) is 0. The molecule has 1 saturated heterocycles. The van der Waals surface area contributed by atoms with Gasteiger partial charge < -0.3 is 14.7 Å². The van der Waals surface area contributed by atoms with E-state index < -0.39 is 0 Å². The number of rotatable bonds is 2. The lowest BCUT2D eigenvalue weighted by molar-refractivity contribution is -0.0183. The zero-order valence-electron chi connectivity index (χ0n) is 10.3. The van der Waals surface area contributed by atoms with Crippen LogP contribution >= 0.6 is 0 Å². The van der Waals surface area contributed by atoms with Gasteiger partial charge in [-0.2, -0.15) is 5.10 Å². The Morgan fingerprint density at radius 2 is 2.42 bits per heavy atom. The lowest BCUT2D eigenvalue weighted by Gasteiger charge is -2.34. The molecule has 7 heteroatoms. The average molecular weight is 262 g/mol. The topological polar surface area (TPSA) is 80.0 Å². The van der Waals surface area contributed by atoms with Gasteiger partial charge in [0, 0.05) is 18.9 Å². The van der Waals surface area contributed by atoms with Crippen LogP contribution in [-0.4, -0.2) is 62.9 Å². The second kappa shape index (κ2) is 4.94. The Labute approximate surface area is 109 Å². The van der Waals surface area contributed by atoms with Gasteiger partial charge >= 0.3 is 0 Å². The van der Waals surface area contributed by atoms with Crippen molar-refractivity contribution < 1.29 is 14.6 Å². The number of nitrogens with zero attached hydrogens (tertiary/aromatic N) is 4. The number of hydrogen-bond acceptors (Lipinski definition) is 5. The highest BCUT2D eigenvalue weighted by molar-refractivity contribution is 6.00. The van der Waals surface area contributed by atoms with Crippen LogP contribution in [0, 0.1) is 0 Å². The van der Waals surface area contributed by atoms with E-state index in [-0.39, 0.29) is 18.6 Å². The van der Waals surface area contributed by atoms with E-state index >= 15 is 0 Å². The molecule has 2 aromatic rings. The number of aliphatic hydroxyl groups is 1. The van der Waals surface area contributed by atoms with Crippen molar-refractivity contribution >= 4 is 11.4 Å². The summed E-state index contributed by atoms with van der Waals surface area (Å²) >= 11 is 0. The van der Waals surface area contributed by atoms with Crippen LogP contribution in [0.4, 0.5) is 0 Å². The number of carbonyl (C=O) groups is 1. The van der Waals surface area contributed by atoms with E-state index in [2.05, 4.69) is 10.1 Å². The predicted octanol–water partition coefficient (Wildman–Crippen LogP) is -0.437. The summed E-state index contributed by atoms with van der Waals surface area (Å²) in [4.78, 5) is 18.2. The largest absolute Gasteiger partial charge is 0.394 e. The van der Waals surface area contributed by atoms with Crippen molar-refractivity contribution in [1.82, 2.24) is 19.5 Å². The van der Waals surface area contributed by atoms with E-state index in [1.54, 1.807) is 28.0 Å². The molecule has 3 rings (SSSR count). The minimum atomic E-state index is -0.298. The van der Waals surface area contributed by atoms with Crippen LogP contribution in [0.2, 0.25) is 0 Å². The second-order valence-corrected chi connectivity index (χ2v) is 4.37. The zero-order chi connectivity index (χ0) is 13.2. The smallest absolute Gasteiger partial charge is 0.258 e. The highest BCUT2D eigenvalue weighted by atomic mass is 16.5. The summed E-state index contributed by atoms with van der Waals surface area (Å²) in [5.74, 6) is -0.148. The zero-order valence-corrected chi connectivity index (χ0v) is 10.3. The van der Waals surface area contributed by atoms with Crippen LogP contribution in [-0.2, 0) is 4.74 Å².